The minimum absolute atomic E-state index is 0.0309. The van der Waals surface area contributed by atoms with Gasteiger partial charge >= 0.3 is 0 Å². The van der Waals surface area contributed by atoms with Gasteiger partial charge in [-0.05, 0) is 60.6 Å². The number of rotatable bonds is 7. The maximum Gasteiger partial charge on any atom is 0.194 e. The van der Waals surface area contributed by atoms with Crippen LogP contribution in [-0.2, 0) is 9.47 Å². The van der Waals surface area contributed by atoms with E-state index in [1.165, 1.54) is 31.4 Å². The van der Waals surface area contributed by atoms with Crippen molar-refractivity contribution >= 4 is 5.57 Å². The molecule has 2 aromatic rings. The smallest absolute Gasteiger partial charge is 0.194 e. The first kappa shape index (κ1) is 24.0. The highest BCUT2D eigenvalue weighted by Crippen LogP contribution is 2.36. The summed E-state index contributed by atoms with van der Waals surface area (Å²) in [5.41, 5.74) is 1.76. The molecule has 2 aliphatic rings. The summed E-state index contributed by atoms with van der Waals surface area (Å²) in [7, 11) is 0. The Balaban J connectivity index is 1.37. The fraction of sp³-hybridized carbons (Fsp3) is 0.481. The number of ether oxygens (including phenoxy) is 2. The third-order valence-corrected chi connectivity index (χ3v) is 6.68. The lowest BCUT2D eigenvalue weighted by molar-refractivity contribution is -0.225. The molecule has 0 aromatic heterocycles. The van der Waals surface area contributed by atoms with Gasteiger partial charge in [0, 0.05) is 17.4 Å². The van der Waals surface area contributed by atoms with Gasteiger partial charge in [0.05, 0.1) is 13.2 Å². The summed E-state index contributed by atoms with van der Waals surface area (Å²) >= 11 is 0. The number of allylic oxidation sites excluding steroid dienone is 2. The molecule has 0 radical (unpaired) electrons. The van der Waals surface area contributed by atoms with Crippen LogP contribution in [0.15, 0.2) is 36.4 Å². The standard InChI is InChI=1S/C27H30F4O2/c1-2-3-4-5-17-15-32-27(33-16-17)19-8-6-18(7-9-19)20-10-11-22(23(28)12-20)21-13-24(29)26(31)25(30)14-21/h6,10-14,17,19,27H,2-5,7-9,15-16H2,1H3. The van der Waals surface area contributed by atoms with Crippen LogP contribution in [0.5, 0.6) is 0 Å². The van der Waals surface area contributed by atoms with Crippen molar-refractivity contribution in [1.29, 1.82) is 0 Å². The monoisotopic (exact) mass is 462 g/mol. The van der Waals surface area contributed by atoms with Crippen molar-refractivity contribution in [2.75, 3.05) is 13.2 Å². The zero-order valence-electron chi connectivity index (χ0n) is 18.9. The highest BCUT2D eigenvalue weighted by molar-refractivity contribution is 5.71. The van der Waals surface area contributed by atoms with Crippen LogP contribution < -0.4 is 0 Å². The Hall–Kier alpha value is -2.18. The number of benzene rings is 2. The summed E-state index contributed by atoms with van der Waals surface area (Å²) in [6.45, 7) is 3.70. The van der Waals surface area contributed by atoms with Gasteiger partial charge in [0.2, 0.25) is 0 Å². The Morgan fingerprint density at radius 3 is 2.18 bits per heavy atom. The summed E-state index contributed by atoms with van der Waals surface area (Å²) in [4.78, 5) is 0. The third kappa shape index (κ3) is 5.67. The molecule has 0 bridgehead atoms. The molecule has 0 N–H and O–H groups in total. The molecule has 1 aliphatic heterocycles. The Morgan fingerprint density at radius 1 is 0.879 bits per heavy atom. The van der Waals surface area contributed by atoms with Crippen molar-refractivity contribution in [3.05, 3.63) is 65.2 Å². The van der Waals surface area contributed by atoms with Gasteiger partial charge in [-0.15, -0.1) is 0 Å². The molecule has 4 rings (SSSR count). The summed E-state index contributed by atoms with van der Waals surface area (Å²) in [6, 6.07) is 6.20. The minimum atomic E-state index is -1.56. The van der Waals surface area contributed by atoms with E-state index in [1.807, 2.05) is 0 Å². The van der Waals surface area contributed by atoms with E-state index in [0.29, 0.717) is 5.92 Å². The van der Waals surface area contributed by atoms with Crippen molar-refractivity contribution in [3.8, 4) is 11.1 Å². The summed E-state index contributed by atoms with van der Waals surface area (Å²) in [6.07, 6.45) is 9.17. The third-order valence-electron chi connectivity index (χ3n) is 6.68. The van der Waals surface area contributed by atoms with E-state index in [1.54, 1.807) is 6.07 Å². The van der Waals surface area contributed by atoms with E-state index in [9.17, 15) is 17.6 Å². The van der Waals surface area contributed by atoms with Crippen LogP contribution in [-0.4, -0.2) is 19.5 Å². The quantitative estimate of drug-likeness (QED) is 0.239. The fourth-order valence-corrected chi connectivity index (χ4v) is 4.70. The van der Waals surface area contributed by atoms with Crippen molar-refractivity contribution in [2.45, 2.75) is 58.2 Å². The topological polar surface area (TPSA) is 18.5 Å². The molecule has 1 atom stereocenters. The molecule has 0 amide bonds. The van der Waals surface area contributed by atoms with Gasteiger partial charge in [0.1, 0.15) is 5.82 Å². The molecule has 2 aromatic carbocycles. The normalized spacial score (nSPS) is 23.4. The van der Waals surface area contributed by atoms with Crippen molar-refractivity contribution in [2.24, 2.45) is 11.8 Å². The van der Waals surface area contributed by atoms with Gasteiger partial charge in [-0.25, -0.2) is 17.6 Å². The van der Waals surface area contributed by atoms with E-state index in [0.717, 1.165) is 62.2 Å². The highest BCUT2D eigenvalue weighted by Gasteiger charge is 2.30. The van der Waals surface area contributed by atoms with Crippen molar-refractivity contribution in [1.82, 2.24) is 0 Å². The molecular weight excluding hydrogens is 432 g/mol. The molecule has 0 saturated carbocycles. The second-order valence-corrected chi connectivity index (χ2v) is 9.11. The summed E-state index contributed by atoms with van der Waals surface area (Å²) in [5.74, 6) is -4.08. The lowest BCUT2D eigenvalue weighted by Crippen LogP contribution is -2.37. The molecular formula is C27H30F4O2. The lowest BCUT2D eigenvalue weighted by Gasteiger charge is -2.35. The molecule has 1 fully saturated rings. The average Bonchev–Trinajstić information content (AvgIpc) is 2.83. The maximum absolute atomic E-state index is 14.8. The van der Waals surface area contributed by atoms with Crippen LogP contribution in [0.25, 0.3) is 16.7 Å². The van der Waals surface area contributed by atoms with Crippen LogP contribution in [0.2, 0.25) is 0 Å². The molecule has 2 nitrogen and oxygen atoms in total. The van der Waals surface area contributed by atoms with E-state index >= 15 is 0 Å². The molecule has 33 heavy (non-hydrogen) atoms. The first-order chi connectivity index (χ1) is 16.0. The second kappa shape index (κ2) is 10.8. The van der Waals surface area contributed by atoms with Crippen LogP contribution >= 0.6 is 0 Å². The zero-order valence-corrected chi connectivity index (χ0v) is 18.9. The first-order valence-corrected chi connectivity index (χ1v) is 11.8. The van der Waals surface area contributed by atoms with Crippen LogP contribution in [0.4, 0.5) is 17.6 Å². The second-order valence-electron chi connectivity index (χ2n) is 9.11. The molecule has 178 valence electrons. The number of halogens is 4. The zero-order chi connectivity index (χ0) is 23.4. The SMILES string of the molecule is CCCCCC1COC(C2CC=C(c3ccc(-c4cc(F)c(F)c(F)c4)c(F)c3)CC2)OC1. The highest BCUT2D eigenvalue weighted by atomic mass is 19.2. The number of hydrogen-bond donors (Lipinski definition) is 0. The van der Waals surface area contributed by atoms with Crippen LogP contribution in [0.1, 0.15) is 57.4 Å². The van der Waals surface area contributed by atoms with Gasteiger partial charge in [-0.3, -0.25) is 0 Å². The first-order valence-electron chi connectivity index (χ1n) is 11.8. The Morgan fingerprint density at radius 2 is 1.58 bits per heavy atom. The van der Waals surface area contributed by atoms with Gasteiger partial charge in [-0.1, -0.05) is 44.4 Å². The van der Waals surface area contributed by atoms with Crippen LogP contribution in [0, 0.1) is 35.1 Å². The summed E-state index contributed by atoms with van der Waals surface area (Å²) in [5, 5.41) is 0. The van der Waals surface area contributed by atoms with E-state index in [2.05, 4.69) is 13.0 Å². The van der Waals surface area contributed by atoms with Gasteiger partial charge < -0.3 is 9.47 Å². The van der Waals surface area contributed by atoms with E-state index in [-0.39, 0.29) is 23.3 Å². The van der Waals surface area contributed by atoms with Gasteiger partial charge in [-0.2, -0.15) is 0 Å². The Labute approximate surface area is 192 Å². The maximum atomic E-state index is 14.8. The molecule has 6 heteroatoms. The van der Waals surface area contributed by atoms with E-state index < -0.39 is 23.3 Å². The average molecular weight is 463 g/mol. The largest absolute Gasteiger partial charge is 0.352 e. The van der Waals surface area contributed by atoms with Crippen LogP contribution in [0.3, 0.4) is 0 Å². The van der Waals surface area contributed by atoms with Crippen molar-refractivity contribution < 1.29 is 27.0 Å². The predicted octanol–water partition coefficient (Wildman–Crippen LogP) is 7.66. The minimum Gasteiger partial charge on any atom is -0.352 e. The molecule has 1 heterocycles. The predicted molar refractivity (Wildman–Crippen MR) is 120 cm³/mol. The fourth-order valence-electron chi connectivity index (χ4n) is 4.70. The summed E-state index contributed by atoms with van der Waals surface area (Å²) < 4.78 is 67.1. The Kier molecular flexibility index (Phi) is 7.86. The van der Waals surface area contributed by atoms with E-state index in [4.69, 9.17) is 9.47 Å². The molecule has 0 spiro atoms. The Bertz CT molecular complexity index is 973. The van der Waals surface area contributed by atoms with Crippen molar-refractivity contribution in [3.63, 3.8) is 0 Å². The van der Waals surface area contributed by atoms with Gasteiger partial charge in [0.15, 0.2) is 23.7 Å². The number of hydrogen-bond acceptors (Lipinski definition) is 2. The molecule has 1 aliphatic carbocycles. The number of unbranched alkanes of at least 4 members (excludes halogenated alkanes) is 2. The lowest BCUT2D eigenvalue weighted by atomic mass is 9.85. The molecule has 1 unspecified atom stereocenters. The van der Waals surface area contributed by atoms with Gasteiger partial charge in [0.25, 0.3) is 0 Å². The molecule has 1 saturated heterocycles.